The highest BCUT2D eigenvalue weighted by Gasteiger charge is 2.24. The Hall–Kier alpha value is -3.95. The molecule has 178 valence electrons. The quantitative estimate of drug-likeness (QED) is 0.364. The summed E-state index contributed by atoms with van der Waals surface area (Å²) in [5.41, 5.74) is 2.04. The van der Waals surface area contributed by atoms with E-state index in [9.17, 15) is 14.9 Å². The fourth-order valence-corrected chi connectivity index (χ4v) is 4.23. The first kappa shape index (κ1) is 23.2. The lowest BCUT2D eigenvalue weighted by atomic mass is 9.91. The van der Waals surface area contributed by atoms with Gasteiger partial charge in [-0.1, -0.05) is 18.2 Å². The van der Waals surface area contributed by atoms with E-state index in [2.05, 4.69) is 20.9 Å². The highest BCUT2D eigenvalue weighted by molar-refractivity contribution is 5.91. The normalized spacial score (nSPS) is 17.7. The summed E-state index contributed by atoms with van der Waals surface area (Å²) in [5, 5.41) is 21.2. The predicted molar refractivity (Wildman–Crippen MR) is 134 cm³/mol. The number of rotatable bonds is 6. The SMILES string of the molecule is Cc1ccc([N+](=O)[O-])cc1NC(=O)NC1CCC(Nc2nc(N(C)C)c3ccccc3n2)CC1. The molecule has 1 aliphatic carbocycles. The van der Waals surface area contributed by atoms with Gasteiger partial charge >= 0.3 is 6.03 Å². The molecule has 0 saturated heterocycles. The standard InChI is InChI=1S/C24H29N7O3/c1-15-8-13-18(31(33)34)14-21(15)28-24(32)26-17-11-9-16(10-12-17)25-23-27-20-7-5-4-6-19(20)22(29-23)30(2)3/h4-8,13-14,16-17H,9-12H2,1-3H3,(H,25,27,29)(H2,26,28,32). The van der Waals surface area contributed by atoms with Crippen LogP contribution >= 0.6 is 0 Å². The van der Waals surface area contributed by atoms with Crippen molar-refractivity contribution < 1.29 is 9.72 Å². The lowest BCUT2D eigenvalue weighted by Gasteiger charge is -2.30. The average molecular weight is 464 g/mol. The average Bonchev–Trinajstić information content (AvgIpc) is 2.81. The number of amides is 2. The Kier molecular flexibility index (Phi) is 6.76. The summed E-state index contributed by atoms with van der Waals surface area (Å²) in [6.07, 6.45) is 3.36. The molecule has 2 amide bonds. The topological polar surface area (TPSA) is 125 Å². The molecular formula is C24H29N7O3. The van der Waals surface area contributed by atoms with Crippen molar-refractivity contribution in [1.82, 2.24) is 15.3 Å². The number of non-ortho nitro benzene ring substituents is 1. The number of anilines is 3. The minimum Gasteiger partial charge on any atom is -0.362 e. The van der Waals surface area contributed by atoms with Crippen LogP contribution in [0.5, 0.6) is 0 Å². The molecule has 0 aliphatic heterocycles. The lowest BCUT2D eigenvalue weighted by Crippen LogP contribution is -2.42. The summed E-state index contributed by atoms with van der Waals surface area (Å²) in [6.45, 7) is 1.80. The number of hydrogen-bond acceptors (Lipinski definition) is 7. The van der Waals surface area contributed by atoms with Gasteiger partial charge in [-0.15, -0.1) is 0 Å². The summed E-state index contributed by atoms with van der Waals surface area (Å²) in [4.78, 5) is 34.4. The largest absolute Gasteiger partial charge is 0.362 e. The first-order valence-electron chi connectivity index (χ1n) is 11.3. The van der Waals surface area contributed by atoms with Crippen molar-refractivity contribution in [2.24, 2.45) is 0 Å². The van der Waals surface area contributed by atoms with E-state index in [1.807, 2.05) is 43.3 Å². The molecule has 10 nitrogen and oxygen atoms in total. The van der Waals surface area contributed by atoms with E-state index in [4.69, 9.17) is 4.98 Å². The van der Waals surface area contributed by atoms with Crippen molar-refractivity contribution in [3.8, 4) is 0 Å². The third-order valence-electron chi connectivity index (χ3n) is 6.08. The van der Waals surface area contributed by atoms with E-state index < -0.39 is 4.92 Å². The van der Waals surface area contributed by atoms with Crippen molar-refractivity contribution in [1.29, 1.82) is 0 Å². The Morgan fingerprint density at radius 3 is 2.47 bits per heavy atom. The molecular weight excluding hydrogens is 434 g/mol. The maximum absolute atomic E-state index is 12.5. The molecule has 2 aromatic carbocycles. The highest BCUT2D eigenvalue weighted by Crippen LogP contribution is 2.27. The van der Waals surface area contributed by atoms with Gasteiger partial charge in [-0.3, -0.25) is 10.1 Å². The van der Waals surface area contributed by atoms with E-state index in [1.165, 1.54) is 12.1 Å². The number of carbonyl (C=O) groups excluding carboxylic acids is 1. The van der Waals surface area contributed by atoms with E-state index in [-0.39, 0.29) is 23.8 Å². The molecule has 1 aromatic heterocycles. The van der Waals surface area contributed by atoms with Crippen LogP contribution in [0.1, 0.15) is 31.2 Å². The number of nitrogens with zero attached hydrogens (tertiary/aromatic N) is 4. The van der Waals surface area contributed by atoms with Crippen LogP contribution in [0.3, 0.4) is 0 Å². The van der Waals surface area contributed by atoms with Crippen molar-refractivity contribution in [2.45, 2.75) is 44.7 Å². The fraction of sp³-hybridized carbons (Fsp3) is 0.375. The Balaban J connectivity index is 1.33. The fourth-order valence-electron chi connectivity index (χ4n) is 4.23. The number of benzene rings is 2. The molecule has 1 fully saturated rings. The van der Waals surface area contributed by atoms with Crippen LogP contribution in [0.4, 0.5) is 27.9 Å². The van der Waals surface area contributed by atoms with Gasteiger partial charge in [0, 0.05) is 43.7 Å². The van der Waals surface area contributed by atoms with Gasteiger partial charge in [-0.05, 0) is 50.3 Å². The van der Waals surface area contributed by atoms with E-state index in [0.717, 1.165) is 48.0 Å². The number of nitrogens with one attached hydrogen (secondary N) is 3. The molecule has 0 radical (unpaired) electrons. The zero-order valence-corrected chi connectivity index (χ0v) is 19.5. The highest BCUT2D eigenvalue weighted by atomic mass is 16.6. The van der Waals surface area contributed by atoms with E-state index >= 15 is 0 Å². The zero-order chi connectivity index (χ0) is 24.2. The van der Waals surface area contributed by atoms with Crippen molar-refractivity contribution in [2.75, 3.05) is 29.6 Å². The Bertz CT molecular complexity index is 1210. The Morgan fingerprint density at radius 2 is 1.76 bits per heavy atom. The minimum atomic E-state index is -0.475. The molecule has 0 unspecified atom stereocenters. The molecule has 3 N–H and O–H groups in total. The van der Waals surface area contributed by atoms with Crippen LogP contribution in [0.2, 0.25) is 0 Å². The molecule has 0 bridgehead atoms. The third kappa shape index (κ3) is 5.33. The Labute approximate surface area is 197 Å². The molecule has 34 heavy (non-hydrogen) atoms. The summed E-state index contributed by atoms with van der Waals surface area (Å²) in [5.74, 6) is 1.48. The van der Waals surface area contributed by atoms with Gasteiger partial charge in [0.15, 0.2) is 0 Å². The number of para-hydroxylation sites is 1. The van der Waals surface area contributed by atoms with Crippen LogP contribution < -0.4 is 20.9 Å². The number of hydrogen-bond donors (Lipinski definition) is 3. The Morgan fingerprint density at radius 1 is 1.06 bits per heavy atom. The second-order valence-electron chi connectivity index (χ2n) is 8.83. The van der Waals surface area contributed by atoms with Gasteiger partial charge in [-0.25, -0.2) is 9.78 Å². The smallest absolute Gasteiger partial charge is 0.319 e. The summed E-state index contributed by atoms with van der Waals surface area (Å²) in [6, 6.07) is 12.3. The summed E-state index contributed by atoms with van der Waals surface area (Å²) < 4.78 is 0. The first-order valence-corrected chi connectivity index (χ1v) is 11.3. The van der Waals surface area contributed by atoms with E-state index in [1.54, 1.807) is 13.0 Å². The number of nitro benzene ring substituents is 1. The lowest BCUT2D eigenvalue weighted by molar-refractivity contribution is -0.384. The molecule has 10 heteroatoms. The third-order valence-corrected chi connectivity index (χ3v) is 6.08. The first-order chi connectivity index (χ1) is 16.3. The molecule has 4 rings (SSSR count). The second-order valence-corrected chi connectivity index (χ2v) is 8.83. The van der Waals surface area contributed by atoms with Crippen molar-refractivity contribution >= 4 is 40.1 Å². The van der Waals surface area contributed by atoms with Gasteiger partial charge in [0.25, 0.3) is 5.69 Å². The molecule has 1 saturated carbocycles. The number of urea groups is 1. The van der Waals surface area contributed by atoms with Crippen LogP contribution in [0.25, 0.3) is 10.9 Å². The van der Waals surface area contributed by atoms with Crippen molar-refractivity contribution in [3.05, 3.63) is 58.1 Å². The minimum absolute atomic E-state index is 0.0342. The van der Waals surface area contributed by atoms with Gasteiger partial charge < -0.3 is 20.9 Å². The molecule has 1 heterocycles. The predicted octanol–water partition coefficient (Wildman–Crippen LogP) is 4.46. The number of nitro groups is 1. The zero-order valence-electron chi connectivity index (χ0n) is 19.5. The maximum Gasteiger partial charge on any atom is 0.319 e. The van der Waals surface area contributed by atoms with Gasteiger partial charge in [0.1, 0.15) is 5.82 Å². The van der Waals surface area contributed by atoms with Gasteiger partial charge in [0.2, 0.25) is 5.95 Å². The van der Waals surface area contributed by atoms with Crippen LogP contribution in [0, 0.1) is 17.0 Å². The van der Waals surface area contributed by atoms with Gasteiger partial charge in [0.05, 0.1) is 16.1 Å². The van der Waals surface area contributed by atoms with Gasteiger partial charge in [-0.2, -0.15) is 4.98 Å². The summed E-state index contributed by atoms with van der Waals surface area (Å²) in [7, 11) is 3.94. The molecule has 0 spiro atoms. The maximum atomic E-state index is 12.5. The molecule has 3 aromatic rings. The second kappa shape index (κ2) is 9.90. The van der Waals surface area contributed by atoms with Crippen LogP contribution in [-0.4, -0.2) is 47.1 Å². The molecule has 1 aliphatic rings. The number of fused-ring (bicyclic) bond motifs is 1. The summed E-state index contributed by atoms with van der Waals surface area (Å²) >= 11 is 0. The number of carbonyl (C=O) groups is 1. The number of aryl methyl sites for hydroxylation is 1. The van der Waals surface area contributed by atoms with Crippen LogP contribution in [-0.2, 0) is 0 Å². The number of aromatic nitrogens is 2. The van der Waals surface area contributed by atoms with Crippen molar-refractivity contribution in [3.63, 3.8) is 0 Å². The van der Waals surface area contributed by atoms with E-state index in [0.29, 0.717) is 11.6 Å². The monoisotopic (exact) mass is 463 g/mol. The molecule has 0 atom stereocenters. The van der Waals surface area contributed by atoms with Crippen LogP contribution in [0.15, 0.2) is 42.5 Å².